The minimum Gasteiger partial charge on any atom is -0.379 e. The molecule has 0 bridgehead atoms. The number of para-hydroxylation sites is 1. The summed E-state index contributed by atoms with van der Waals surface area (Å²) in [6.07, 6.45) is 0.960. The van der Waals surface area contributed by atoms with Gasteiger partial charge in [-0.1, -0.05) is 38.5 Å². The molecule has 2 N–H and O–H groups in total. The number of carbonyl (C=O) groups is 1. The Balaban J connectivity index is 1.83. The first-order chi connectivity index (χ1) is 11.2. The number of benzene rings is 1. The van der Waals surface area contributed by atoms with Crippen LogP contribution < -0.4 is 10.6 Å². The van der Waals surface area contributed by atoms with Crippen LogP contribution in [-0.4, -0.2) is 56.2 Å². The summed E-state index contributed by atoms with van der Waals surface area (Å²) in [6.45, 7) is 9.28. The van der Waals surface area contributed by atoms with Crippen molar-refractivity contribution in [3.05, 3.63) is 30.3 Å². The number of ether oxygens (including phenoxy) is 1. The van der Waals surface area contributed by atoms with Gasteiger partial charge in [0.25, 0.3) is 0 Å². The summed E-state index contributed by atoms with van der Waals surface area (Å²) in [6, 6.07) is 9.73. The summed E-state index contributed by atoms with van der Waals surface area (Å²) < 4.78 is 5.34. The van der Waals surface area contributed by atoms with Crippen LogP contribution in [0.1, 0.15) is 20.3 Å². The number of carbonyl (C=O) groups excluding carboxylic acids is 1. The van der Waals surface area contributed by atoms with Gasteiger partial charge < -0.3 is 15.4 Å². The van der Waals surface area contributed by atoms with Crippen LogP contribution in [0.4, 0.5) is 5.69 Å². The normalized spacial score (nSPS) is 18.2. The van der Waals surface area contributed by atoms with Crippen molar-refractivity contribution in [3.8, 4) is 0 Å². The van der Waals surface area contributed by atoms with E-state index in [0.29, 0.717) is 6.54 Å². The Hall–Kier alpha value is -1.59. The molecule has 128 valence electrons. The fraction of sp³-hybridized carbons (Fsp3) is 0.611. The molecule has 1 aliphatic heterocycles. The quantitative estimate of drug-likeness (QED) is 0.769. The van der Waals surface area contributed by atoms with Crippen LogP contribution in [0.25, 0.3) is 0 Å². The number of hydrogen-bond acceptors (Lipinski definition) is 4. The van der Waals surface area contributed by atoms with Gasteiger partial charge in [0.05, 0.1) is 13.2 Å². The van der Waals surface area contributed by atoms with E-state index in [4.69, 9.17) is 4.74 Å². The maximum absolute atomic E-state index is 12.6. The number of nitrogens with one attached hydrogen (secondary N) is 2. The van der Waals surface area contributed by atoms with E-state index in [0.717, 1.165) is 45.0 Å². The van der Waals surface area contributed by atoms with Gasteiger partial charge in [0, 0.05) is 31.9 Å². The molecule has 0 spiro atoms. The predicted octanol–water partition coefficient (Wildman–Crippen LogP) is 1.96. The minimum absolute atomic E-state index is 0.0801. The van der Waals surface area contributed by atoms with E-state index in [2.05, 4.69) is 29.4 Å². The zero-order valence-electron chi connectivity index (χ0n) is 14.3. The molecule has 1 aromatic rings. The lowest BCUT2D eigenvalue weighted by atomic mass is 9.98. The topological polar surface area (TPSA) is 53.6 Å². The molecule has 1 amide bonds. The van der Waals surface area contributed by atoms with Gasteiger partial charge in [0.2, 0.25) is 5.91 Å². The molecule has 0 aliphatic carbocycles. The highest BCUT2D eigenvalue weighted by atomic mass is 16.5. The summed E-state index contributed by atoms with van der Waals surface area (Å²) in [5, 5.41) is 6.45. The van der Waals surface area contributed by atoms with E-state index >= 15 is 0 Å². The highest BCUT2D eigenvalue weighted by Crippen LogP contribution is 2.15. The van der Waals surface area contributed by atoms with Crippen LogP contribution >= 0.6 is 0 Å². The van der Waals surface area contributed by atoms with Crippen LogP contribution in [0.2, 0.25) is 0 Å². The molecule has 5 heteroatoms. The van der Waals surface area contributed by atoms with Crippen molar-refractivity contribution in [2.45, 2.75) is 26.3 Å². The van der Waals surface area contributed by atoms with E-state index in [1.165, 1.54) is 0 Å². The van der Waals surface area contributed by atoms with Crippen molar-refractivity contribution in [3.63, 3.8) is 0 Å². The van der Waals surface area contributed by atoms with Crippen LogP contribution in [-0.2, 0) is 9.53 Å². The molecular formula is C18H29N3O2. The van der Waals surface area contributed by atoms with E-state index in [9.17, 15) is 4.79 Å². The summed E-state index contributed by atoms with van der Waals surface area (Å²) in [4.78, 5) is 14.9. The first-order valence-corrected chi connectivity index (χ1v) is 8.60. The number of morpholine rings is 1. The molecule has 0 saturated carbocycles. The summed E-state index contributed by atoms with van der Waals surface area (Å²) >= 11 is 0. The Bertz CT molecular complexity index is 461. The Morgan fingerprint density at radius 3 is 2.61 bits per heavy atom. The highest BCUT2D eigenvalue weighted by molar-refractivity contribution is 5.84. The highest BCUT2D eigenvalue weighted by Gasteiger charge is 2.23. The average Bonchev–Trinajstić information content (AvgIpc) is 2.60. The van der Waals surface area contributed by atoms with Gasteiger partial charge in [-0.05, 0) is 18.1 Å². The first-order valence-electron chi connectivity index (χ1n) is 8.60. The Morgan fingerprint density at radius 2 is 1.96 bits per heavy atom. The maximum Gasteiger partial charge on any atom is 0.242 e. The van der Waals surface area contributed by atoms with Gasteiger partial charge >= 0.3 is 0 Å². The van der Waals surface area contributed by atoms with Gasteiger partial charge in [-0.15, -0.1) is 0 Å². The fourth-order valence-electron chi connectivity index (χ4n) is 2.69. The van der Waals surface area contributed by atoms with Gasteiger partial charge in [-0.25, -0.2) is 0 Å². The van der Waals surface area contributed by atoms with Crippen LogP contribution in [0.15, 0.2) is 30.3 Å². The van der Waals surface area contributed by atoms with E-state index in [1.54, 1.807) is 0 Å². The molecule has 2 atom stereocenters. The third-order valence-corrected chi connectivity index (χ3v) is 4.42. The summed E-state index contributed by atoms with van der Waals surface area (Å²) in [5.41, 5.74) is 0.987. The molecule has 2 unspecified atom stereocenters. The van der Waals surface area contributed by atoms with E-state index in [1.807, 2.05) is 30.3 Å². The van der Waals surface area contributed by atoms with Gasteiger partial charge in [-0.2, -0.15) is 0 Å². The standard InChI is InChI=1S/C18H29N3O2/c1-3-15(2)17(20-16-7-5-4-6-8-16)18(22)19-9-10-21-11-13-23-14-12-21/h4-8,15,17,20H,3,9-14H2,1-2H3,(H,19,22). The monoisotopic (exact) mass is 319 g/mol. The van der Waals surface area contributed by atoms with Crippen LogP contribution in [0.5, 0.6) is 0 Å². The van der Waals surface area contributed by atoms with E-state index < -0.39 is 0 Å². The molecule has 1 aromatic carbocycles. The number of anilines is 1. The third kappa shape index (κ3) is 5.84. The fourth-order valence-corrected chi connectivity index (χ4v) is 2.69. The van der Waals surface area contributed by atoms with Gasteiger partial charge in [0.1, 0.15) is 6.04 Å². The number of amides is 1. The molecule has 1 fully saturated rings. The molecule has 23 heavy (non-hydrogen) atoms. The lowest BCUT2D eigenvalue weighted by Crippen LogP contribution is -2.47. The largest absolute Gasteiger partial charge is 0.379 e. The Labute approximate surface area is 139 Å². The first kappa shape index (κ1) is 17.8. The zero-order chi connectivity index (χ0) is 16.5. The molecule has 1 aliphatic rings. The van der Waals surface area contributed by atoms with Crippen LogP contribution in [0.3, 0.4) is 0 Å². The van der Waals surface area contributed by atoms with Gasteiger partial charge in [0.15, 0.2) is 0 Å². The smallest absolute Gasteiger partial charge is 0.242 e. The van der Waals surface area contributed by atoms with Crippen molar-refractivity contribution < 1.29 is 9.53 Å². The molecule has 0 radical (unpaired) electrons. The van der Waals surface area contributed by atoms with Crippen molar-refractivity contribution in [1.82, 2.24) is 10.2 Å². The summed E-state index contributed by atoms with van der Waals surface area (Å²) in [7, 11) is 0. The van der Waals surface area contributed by atoms with Gasteiger partial charge in [-0.3, -0.25) is 9.69 Å². The number of rotatable bonds is 8. The molecule has 2 rings (SSSR count). The van der Waals surface area contributed by atoms with Crippen molar-refractivity contribution in [1.29, 1.82) is 0 Å². The number of nitrogens with zero attached hydrogens (tertiary/aromatic N) is 1. The lowest BCUT2D eigenvalue weighted by molar-refractivity contribution is -0.122. The molecule has 0 aromatic heterocycles. The van der Waals surface area contributed by atoms with Crippen molar-refractivity contribution in [2.24, 2.45) is 5.92 Å². The van der Waals surface area contributed by atoms with Crippen LogP contribution in [0, 0.1) is 5.92 Å². The zero-order valence-corrected chi connectivity index (χ0v) is 14.3. The second-order valence-corrected chi connectivity index (χ2v) is 6.12. The molecular weight excluding hydrogens is 290 g/mol. The molecule has 1 saturated heterocycles. The second-order valence-electron chi connectivity index (χ2n) is 6.12. The van der Waals surface area contributed by atoms with Crippen molar-refractivity contribution >= 4 is 11.6 Å². The van der Waals surface area contributed by atoms with E-state index in [-0.39, 0.29) is 17.9 Å². The SMILES string of the molecule is CCC(C)C(Nc1ccccc1)C(=O)NCCN1CCOCC1. The summed E-state index contributed by atoms with van der Waals surface area (Å²) in [5.74, 6) is 0.357. The third-order valence-electron chi connectivity index (χ3n) is 4.42. The Morgan fingerprint density at radius 1 is 1.26 bits per heavy atom. The molecule has 5 nitrogen and oxygen atoms in total. The average molecular weight is 319 g/mol. The number of hydrogen-bond donors (Lipinski definition) is 2. The minimum atomic E-state index is -0.202. The predicted molar refractivity (Wildman–Crippen MR) is 93.6 cm³/mol. The second kappa shape index (κ2) is 9.53. The lowest BCUT2D eigenvalue weighted by Gasteiger charge is -2.28. The molecule has 1 heterocycles. The maximum atomic E-state index is 12.6. The van der Waals surface area contributed by atoms with Crippen molar-refractivity contribution in [2.75, 3.05) is 44.7 Å². The Kier molecular flexibility index (Phi) is 7.36.